The summed E-state index contributed by atoms with van der Waals surface area (Å²) in [6, 6.07) is 6.50. The maximum Gasteiger partial charge on any atom is 0.227 e. The highest BCUT2D eigenvalue weighted by Gasteiger charge is 2.22. The van der Waals surface area contributed by atoms with Crippen LogP contribution in [0.5, 0.6) is 5.75 Å². The van der Waals surface area contributed by atoms with Crippen LogP contribution < -0.4 is 10.1 Å². The van der Waals surface area contributed by atoms with Gasteiger partial charge in [-0.2, -0.15) is 6.42 Å². The molecule has 2 aliphatic rings. The van der Waals surface area contributed by atoms with E-state index in [1.54, 1.807) is 0 Å². The Bertz CT molecular complexity index is 867. The van der Waals surface area contributed by atoms with Crippen molar-refractivity contribution in [2.24, 2.45) is 17.8 Å². The summed E-state index contributed by atoms with van der Waals surface area (Å²) in [4.78, 5) is 15.3. The molecule has 1 heterocycles. The molecule has 1 aliphatic heterocycles. The van der Waals surface area contributed by atoms with Crippen LogP contribution in [0.15, 0.2) is 42.2 Å². The van der Waals surface area contributed by atoms with E-state index in [2.05, 4.69) is 62.0 Å². The highest BCUT2D eigenvalue weighted by atomic mass is 16.5. The van der Waals surface area contributed by atoms with Gasteiger partial charge in [-0.05, 0) is 62.9 Å². The summed E-state index contributed by atoms with van der Waals surface area (Å²) in [5.41, 5.74) is 3.13. The topological polar surface area (TPSA) is 41.6 Å². The van der Waals surface area contributed by atoms with Crippen LogP contribution in [-0.2, 0) is 4.79 Å². The fourth-order valence-corrected chi connectivity index (χ4v) is 5.54. The van der Waals surface area contributed by atoms with Gasteiger partial charge in [-0.25, -0.2) is 0 Å². The molecule has 4 heteroatoms. The molecule has 3 rings (SSSR count). The molecule has 1 fully saturated rings. The fraction of sp³-hybridized carbons (Fsp3) is 0.613. The summed E-state index contributed by atoms with van der Waals surface area (Å²) in [6.45, 7) is 11.6. The number of nitrogens with one attached hydrogen (secondary N) is 1. The molecule has 35 heavy (non-hydrogen) atoms. The van der Waals surface area contributed by atoms with Crippen molar-refractivity contribution in [3.8, 4) is 5.75 Å². The molecule has 0 spiro atoms. The summed E-state index contributed by atoms with van der Waals surface area (Å²) in [6.07, 6.45) is 19.3. The maximum absolute atomic E-state index is 13.0. The first-order valence-corrected chi connectivity index (χ1v) is 13.9. The van der Waals surface area contributed by atoms with E-state index in [9.17, 15) is 4.79 Å². The van der Waals surface area contributed by atoms with Gasteiger partial charge in [0.05, 0.1) is 6.61 Å². The molecule has 0 bridgehead atoms. The Hall–Kier alpha value is -2.36. The van der Waals surface area contributed by atoms with Gasteiger partial charge < -0.3 is 15.0 Å². The smallest absolute Gasteiger partial charge is 0.227 e. The summed E-state index contributed by atoms with van der Waals surface area (Å²) < 4.78 is 5.94. The van der Waals surface area contributed by atoms with Crippen LogP contribution in [0.3, 0.4) is 0 Å². The zero-order chi connectivity index (χ0) is 25.2. The number of rotatable bonds is 9. The van der Waals surface area contributed by atoms with Crippen LogP contribution in [0.4, 0.5) is 5.69 Å². The van der Waals surface area contributed by atoms with Crippen molar-refractivity contribution in [3.63, 3.8) is 0 Å². The molecule has 0 saturated heterocycles. The molecule has 1 saturated carbocycles. The average Bonchev–Trinajstić information content (AvgIpc) is 3.18. The Balaban J connectivity index is 1.69. The van der Waals surface area contributed by atoms with Gasteiger partial charge in [0.1, 0.15) is 0 Å². The number of hydrogen-bond acceptors (Lipinski definition) is 3. The monoisotopic (exact) mass is 479 g/mol. The zero-order valence-electron chi connectivity index (χ0n) is 22.7. The Labute approximate surface area is 214 Å². The van der Waals surface area contributed by atoms with Crippen LogP contribution >= 0.6 is 0 Å². The lowest BCUT2D eigenvalue weighted by molar-refractivity contribution is -0.115. The maximum atomic E-state index is 13.0. The Morgan fingerprint density at radius 2 is 1.94 bits per heavy atom. The van der Waals surface area contributed by atoms with E-state index < -0.39 is 0 Å². The molecule has 3 unspecified atom stereocenters. The van der Waals surface area contributed by atoms with Crippen LogP contribution in [0.25, 0.3) is 0 Å². The molecule has 0 aromatic heterocycles. The Morgan fingerprint density at radius 1 is 1.20 bits per heavy atom. The molecule has 1 aromatic carbocycles. The highest BCUT2D eigenvalue weighted by Crippen LogP contribution is 2.35. The van der Waals surface area contributed by atoms with Crippen molar-refractivity contribution in [1.29, 1.82) is 0 Å². The first-order chi connectivity index (χ1) is 16.9. The second-order valence-corrected chi connectivity index (χ2v) is 10.7. The van der Waals surface area contributed by atoms with E-state index in [-0.39, 0.29) is 5.91 Å². The molecule has 0 radical (unpaired) electrons. The van der Waals surface area contributed by atoms with Gasteiger partial charge in [0.25, 0.3) is 0 Å². The standard InChI is InChI=1S/C31H47N2O2/c1-6-18-33-22-26(15-14-23(3)25(33)5)20-31(34)32-29-16-17-30(35-7-2)28(21-29)19-24(4)27-12-10-8-9-11-13-27/h6,16-19,21-25,27H,7-15,20H2,1-5H3,(H,32,34)/q-1/b18-6-. The van der Waals surface area contributed by atoms with Crippen molar-refractivity contribution in [1.82, 2.24) is 4.90 Å². The minimum atomic E-state index is 0.0470. The molecular weight excluding hydrogens is 432 g/mol. The lowest BCUT2D eigenvalue weighted by atomic mass is 9.83. The normalized spacial score (nSPS) is 22.8. The minimum absolute atomic E-state index is 0.0470. The molecule has 1 aromatic rings. The predicted octanol–water partition coefficient (Wildman–Crippen LogP) is 8.11. The van der Waals surface area contributed by atoms with E-state index in [0.717, 1.165) is 35.8 Å². The second kappa shape index (κ2) is 13.7. The molecule has 1 N–H and O–H groups in total. The van der Waals surface area contributed by atoms with E-state index in [1.807, 2.05) is 26.0 Å². The lowest BCUT2D eigenvalue weighted by Gasteiger charge is -2.29. The van der Waals surface area contributed by atoms with Crippen LogP contribution in [0.2, 0.25) is 0 Å². The number of carbonyl (C=O) groups excluding carboxylic acids is 1. The lowest BCUT2D eigenvalue weighted by Crippen LogP contribution is -2.28. The van der Waals surface area contributed by atoms with Crippen LogP contribution in [0.1, 0.15) is 98.0 Å². The van der Waals surface area contributed by atoms with Gasteiger partial charge in [-0.1, -0.05) is 76.5 Å². The quantitative estimate of drug-likeness (QED) is 0.287. The minimum Gasteiger partial charge on any atom is -0.551 e. The molecule has 3 atom stereocenters. The van der Waals surface area contributed by atoms with Gasteiger partial charge >= 0.3 is 0 Å². The highest BCUT2D eigenvalue weighted by molar-refractivity contribution is 5.92. The Morgan fingerprint density at radius 3 is 2.63 bits per heavy atom. The van der Waals surface area contributed by atoms with Gasteiger partial charge in [0.15, 0.2) is 0 Å². The first kappa shape index (κ1) is 27.2. The third kappa shape index (κ3) is 8.08. The number of ether oxygens (including phenoxy) is 1. The van der Waals surface area contributed by atoms with Gasteiger partial charge in [0.2, 0.25) is 5.91 Å². The Kier molecular flexibility index (Phi) is 10.6. The van der Waals surface area contributed by atoms with E-state index in [4.69, 9.17) is 4.74 Å². The number of amides is 1. The predicted molar refractivity (Wildman–Crippen MR) is 147 cm³/mol. The zero-order valence-corrected chi connectivity index (χ0v) is 22.7. The third-order valence-electron chi connectivity index (χ3n) is 7.93. The van der Waals surface area contributed by atoms with Crippen LogP contribution in [-0.4, -0.2) is 23.5 Å². The number of hydrogen-bond donors (Lipinski definition) is 1. The summed E-state index contributed by atoms with van der Waals surface area (Å²) in [7, 11) is 0. The van der Waals surface area contributed by atoms with E-state index >= 15 is 0 Å². The van der Waals surface area contributed by atoms with Gasteiger partial charge in [-0.15, -0.1) is 11.6 Å². The SMILES string of the molecule is C/C=C\N1C=C(CC(=O)Nc2ccc(OCC)c([CH-]C(C)C3CCCCCC3)c2)CCC(C)C1C. The van der Waals surface area contributed by atoms with E-state index in [1.165, 1.54) is 44.1 Å². The summed E-state index contributed by atoms with van der Waals surface area (Å²) in [5.74, 6) is 2.77. The molecule has 194 valence electrons. The van der Waals surface area contributed by atoms with Crippen molar-refractivity contribution in [2.45, 2.75) is 98.4 Å². The molecular formula is C31H47N2O2-. The summed E-state index contributed by atoms with van der Waals surface area (Å²) in [5, 5.41) is 3.16. The van der Waals surface area contributed by atoms with Crippen molar-refractivity contribution in [3.05, 3.63) is 54.2 Å². The summed E-state index contributed by atoms with van der Waals surface area (Å²) >= 11 is 0. The van der Waals surface area contributed by atoms with Crippen molar-refractivity contribution < 1.29 is 9.53 Å². The van der Waals surface area contributed by atoms with E-state index in [0.29, 0.717) is 30.9 Å². The largest absolute Gasteiger partial charge is 0.551 e. The molecule has 1 amide bonds. The van der Waals surface area contributed by atoms with Crippen LogP contribution in [0, 0.1) is 24.2 Å². The number of carbonyl (C=O) groups is 1. The van der Waals surface area contributed by atoms with Crippen molar-refractivity contribution in [2.75, 3.05) is 11.9 Å². The number of nitrogens with zero attached hydrogens (tertiary/aromatic N) is 1. The second-order valence-electron chi connectivity index (χ2n) is 10.7. The molecule has 1 aliphatic carbocycles. The number of anilines is 1. The van der Waals surface area contributed by atoms with Gasteiger partial charge in [0, 0.05) is 24.4 Å². The number of allylic oxidation sites excluding steroid dienone is 1. The first-order valence-electron chi connectivity index (χ1n) is 13.9. The molecule has 4 nitrogen and oxygen atoms in total. The van der Waals surface area contributed by atoms with Crippen molar-refractivity contribution >= 4 is 11.6 Å². The average molecular weight is 480 g/mol. The third-order valence-corrected chi connectivity index (χ3v) is 7.93. The number of benzene rings is 1. The fourth-order valence-electron chi connectivity index (χ4n) is 5.54. The van der Waals surface area contributed by atoms with Gasteiger partial charge in [-0.3, -0.25) is 4.79 Å².